The average Bonchev–Trinajstić information content (AvgIpc) is 3.02. The zero-order valence-electron chi connectivity index (χ0n) is 12.3. The summed E-state index contributed by atoms with van der Waals surface area (Å²) in [4.78, 5) is 37.3. The lowest BCUT2D eigenvalue weighted by atomic mass is 9.66. The van der Waals surface area contributed by atoms with E-state index >= 15 is 0 Å². The van der Waals surface area contributed by atoms with E-state index in [-0.39, 0.29) is 18.3 Å². The summed E-state index contributed by atoms with van der Waals surface area (Å²) in [6.45, 7) is 0. The van der Waals surface area contributed by atoms with Crippen molar-refractivity contribution in [2.24, 2.45) is 10.8 Å². The molecule has 6 heteroatoms. The van der Waals surface area contributed by atoms with Crippen LogP contribution in [0.25, 0.3) is 0 Å². The molecule has 3 unspecified atom stereocenters. The van der Waals surface area contributed by atoms with Crippen molar-refractivity contribution in [1.29, 1.82) is 0 Å². The molecule has 1 aliphatic carbocycles. The number of carbonyl (C=O) groups excluding carboxylic acids is 3. The van der Waals surface area contributed by atoms with Gasteiger partial charge in [-0.2, -0.15) is 0 Å². The summed E-state index contributed by atoms with van der Waals surface area (Å²) >= 11 is 0. The van der Waals surface area contributed by atoms with Crippen molar-refractivity contribution in [1.82, 2.24) is 0 Å². The Morgan fingerprint density at radius 3 is 2.38 bits per heavy atom. The van der Waals surface area contributed by atoms with Crippen LogP contribution >= 0.6 is 0 Å². The standard InChI is InChI=1S/C15H20O6/c1-19-12(17)15(13(18)20-2)8-9-5-7-14(11(15)21-9)6-3-4-10(14)16/h9,11H,3-8H2,1-2H3. The van der Waals surface area contributed by atoms with Crippen LogP contribution in [0.5, 0.6) is 0 Å². The highest BCUT2D eigenvalue weighted by Gasteiger charge is 2.71. The lowest BCUT2D eigenvalue weighted by Crippen LogP contribution is -2.56. The van der Waals surface area contributed by atoms with Crippen molar-refractivity contribution in [2.75, 3.05) is 14.2 Å². The van der Waals surface area contributed by atoms with Crippen molar-refractivity contribution in [3.63, 3.8) is 0 Å². The molecule has 1 spiro atoms. The number of carbonyl (C=O) groups is 3. The van der Waals surface area contributed by atoms with Gasteiger partial charge in [-0.05, 0) is 25.7 Å². The van der Waals surface area contributed by atoms with Gasteiger partial charge in [0.15, 0.2) is 5.41 Å². The Balaban J connectivity index is 2.10. The first-order chi connectivity index (χ1) is 10.0. The highest BCUT2D eigenvalue weighted by atomic mass is 16.6. The van der Waals surface area contributed by atoms with Gasteiger partial charge >= 0.3 is 11.9 Å². The highest BCUT2D eigenvalue weighted by molar-refractivity contribution is 6.03. The lowest BCUT2D eigenvalue weighted by Gasteiger charge is -2.42. The molecule has 2 aliphatic heterocycles. The minimum atomic E-state index is -1.50. The molecule has 2 bridgehead atoms. The van der Waals surface area contributed by atoms with E-state index in [4.69, 9.17) is 14.2 Å². The van der Waals surface area contributed by atoms with Crippen LogP contribution in [0, 0.1) is 10.8 Å². The maximum Gasteiger partial charge on any atom is 0.326 e. The fourth-order valence-corrected chi connectivity index (χ4v) is 4.47. The van der Waals surface area contributed by atoms with Gasteiger partial charge in [-0.3, -0.25) is 14.4 Å². The first kappa shape index (κ1) is 14.5. The van der Waals surface area contributed by atoms with Gasteiger partial charge in [0, 0.05) is 12.8 Å². The third kappa shape index (κ3) is 1.71. The molecule has 0 aromatic carbocycles. The van der Waals surface area contributed by atoms with Crippen molar-refractivity contribution in [3.8, 4) is 0 Å². The number of Topliss-reactive ketones (excluding diaryl/α,β-unsaturated/α-hetero) is 1. The Morgan fingerprint density at radius 1 is 1.19 bits per heavy atom. The number of esters is 2. The topological polar surface area (TPSA) is 78.9 Å². The number of ether oxygens (including phenoxy) is 3. The third-order valence-corrected chi connectivity index (χ3v) is 5.42. The van der Waals surface area contributed by atoms with Crippen LogP contribution in [0.1, 0.15) is 38.5 Å². The molecule has 116 valence electrons. The summed E-state index contributed by atoms with van der Waals surface area (Å²) in [6.07, 6.45) is 2.61. The summed E-state index contributed by atoms with van der Waals surface area (Å²) in [5, 5.41) is 0. The number of ketones is 1. The van der Waals surface area contributed by atoms with Crippen molar-refractivity contribution in [2.45, 2.75) is 50.7 Å². The molecule has 21 heavy (non-hydrogen) atoms. The van der Waals surface area contributed by atoms with Crippen LogP contribution in [0.2, 0.25) is 0 Å². The first-order valence-corrected chi connectivity index (χ1v) is 7.37. The number of fused-ring (bicyclic) bond motifs is 3. The van der Waals surface area contributed by atoms with E-state index in [1.54, 1.807) is 0 Å². The van der Waals surface area contributed by atoms with E-state index in [0.29, 0.717) is 25.7 Å². The van der Waals surface area contributed by atoms with E-state index < -0.39 is 28.9 Å². The molecule has 0 radical (unpaired) electrons. The third-order valence-electron chi connectivity index (χ3n) is 5.42. The van der Waals surface area contributed by atoms with Crippen molar-refractivity contribution >= 4 is 17.7 Å². The van der Waals surface area contributed by atoms with Gasteiger partial charge in [0.2, 0.25) is 0 Å². The van der Waals surface area contributed by atoms with Gasteiger partial charge in [-0.15, -0.1) is 0 Å². The van der Waals surface area contributed by atoms with Gasteiger partial charge in [0.1, 0.15) is 5.78 Å². The van der Waals surface area contributed by atoms with Crippen LogP contribution in [-0.4, -0.2) is 44.1 Å². The monoisotopic (exact) mass is 296 g/mol. The summed E-state index contributed by atoms with van der Waals surface area (Å²) in [6, 6.07) is 0. The maximum atomic E-state index is 12.5. The predicted molar refractivity (Wildman–Crippen MR) is 70.3 cm³/mol. The van der Waals surface area contributed by atoms with E-state index in [0.717, 1.165) is 6.42 Å². The number of hydrogen-bond acceptors (Lipinski definition) is 6. The molecule has 3 fully saturated rings. The summed E-state index contributed by atoms with van der Waals surface area (Å²) in [5.74, 6) is -1.20. The number of hydrogen-bond donors (Lipinski definition) is 0. The van der Waals surface area contributed by atoms with Gasteiger partial charge in [0.05, 0.1) is 31.8 Å². The quantitative estimate of drug-likeness (QED) is 0.559. The van der Waals surface area contributed by atoms with Gasteiger partial charge in [-0.1, -0.05) is 0 Å². The Hall–Kier alpha value is -1.43. The summed E-state index contributed by atoms with van der Waals surface area (Å²) in [7, 11) is 2.50. The van der Waals surface area contributed by atoms with Crippen molar-refractivity contribution in [3.05, 3.63) is 0 Å². The molecule has 1 saturated carbocycles. The Bertz CT molecular complexity index is 482. The number of rotatable bonds is 2. The average molecular weight is 296 g/mol. The fourth-order valence-electron chi connectivity index (χ4n) is 4.47. The van der Waals surface area contributed by atoms with Crippen LogP contribution in [0.15, 0.2) is 0 Å². The van der Waals surface area contributed by atoms with Crippen LogP contribution in [0.3, 0.4) is 0 Å². The molecule has 0 amide bonds. The molecule has 0 aromatic rings. The van der Waals surface area contributed by atoms with E-state index in [1.165, 1.54) is 14.2 Å². The zero-order chi connectivity index (χ0) is 15.3. The molecule has 3 rings (SSSR count). The lowest BCUT2D eigenvalue weighted by molar-refractivity contribution is -0.184. The van der Waals surface area contributed by atoms with Crippen molar-refractivity contribution < 1.29 is 28.6 Å². The second-order valence-electron chi connectivity index (χ2n) is 6.27. The Labute approximate surface area is 123 Å². The fraction of sp³-hybridized carbons (Fsp3) is 0.800. The number of methoxy groups -OCH3 is 2. The molecular formula is C15H20O6. The van der Waals surface area contributed by atoms with E-state index in [1.807, 2.05) is 0 Å². The molecule has 3 aliphatic rings. The van der Waals surface area contributed by atoms with Crippen LogP contribution in [-0.2, 0) is 28.6 Å². The predicted octanol–water partition coefficient (Wildman–Crippen LogP) is 1.01. The molecule has 2 saturated heterocycles. The van der Waals surface area contributed by atoms with Crippen LogP contribution in [0.4, 0.5) is 0 Å². The highest BCUT2D eigenvalue weighted by Crippen LogP contribution is 2.59. The van der Waals surface area contributed by atoms with Crippen LogP contribution < -0.4 is 0 Å². The SMILES string of the molecule is COC(=O)C1(C(=O)OC)CC2CCC3(CCCC3=O)C1O2. The minimum Gasteiger partial charge on any atom is -0.468 e. The maximum absolute atomic E-state index is 12.5. The zero-order valence-corrected chi connectivity index (χ0v) is 12.3. The molecule has 0 N–H and O–H groups in total. The van der Waals surface area contributed by atoms with Gasteiger partial charge in [-0.25, -0.2) is 0 Å². The first-order valence-electron chi connectivity index (χ1n) is 7.37. The summed E-state index contributed by atoms with van der Waals surface area (Å²) in [5.41, 5.74) is -2.22. The smallest absolute Gasteiger partial charge is 0.326 e. The Kier molecular flexibility index (Phi) is 3.31. The van der Waals surface area contributed by atoms with E-state index in [2.05, 4.69) is 0 Å². The molecule has 0 aromatic heterocycles. The molecular weight excluding hydrogens is 276 g/mol. The normalized spacial score (nSPS) is 36.8. The second kappa shape index (κ2) is 4.80. The Morgan fingerprint density at radius 2 is 1.86 bits per heavy atom. The summed E-state index contributed by atoms with van der Waals surface area (Å²) < 4.78 is 15.7. The molecule has 6 nitrogen and oxygen atoms in total. The molecule has 2 heterocycles. The minimum absolute atomic E-state index is 0.102. The molecule has 3 atom stereocenters. The van der Waals surface area contributed by atoms with Gasteiger partial charge < -0.3 is 14.2 Å². The largest absolute Gasteiger partial charge is 0.468 e. The van der Waals surface area contributed by atoms with Gasteiger partial charge in [0.25, 0.3) is 0 Å². The van der Waals surface area contributed by atoms with E-state index in [9.17, 15) is 14.4 Å². The second-order valence-corrected chi connectivity index (χ2v) is 6.27.